The van der Waals surface area contributed by atoms with Crippen LogP contribution < -0.4 is 28.0 Å². The van der Waals surface area contributed by atoms with E-state index in [-0.39, 0.29) is 5.41 Å². The average molecular weight is 943 g/mol. The van der Waals surface area contributed by atoms with Gasteiger partial charge in [-0.05, 0) is 89.4 Å². The molecule has 0 bridgehead atoms. The summed E-state index contributed by atoms with van der Waals surface area (Å²) in [5.41, 5.74) is 6.54. The van der Waals surface area contributed by atoms with Gasteiger partial charge >= 0.3 is 16.5 Å². The molecule has 8 rings (SSSR count). The number of hydrogen-bond acceptors (Lipinski definition) is 10. The second kappa shape index (κ2) is 18.0. The van der Waals surface area contributed by atoms with Gasteiger partial charge in [0.05, 0.1) is 28.4 Å². The Kier molecular flexibility index (Phi) is 12.7. The van der Waals surface area contributed by atoms with Crippen molar-refractivity contribution in [1.29, 1.82) is 0 Å². The lowest BCUT2D eigenvalue weighted by Crippen LogP contribution is -2.15. The topological polar surface area (TPSA) is 108 Å². The summed E-state index contributed by atoms with van der Waals surface area (Å²) in [4.78, 5) is 0. The molecule has 0 aliphatic rings. The second-order valence-corrected chi connectivity index (χ2v) is 21.7. The number of fused-ring (bicyclic) bond motifs is 6. The van der Waals surface area contributed by atoms with Crippen molar-refractivity contribution >= 4 is 65.9 Å². The molecule has 12 heteroatoms. The van der Waals surface area contributed by atoms with E-state index in [1.54, 1.807) is 28.4 Å². The Balaban J connectivity index is 1.50. The van der Waals surface area contributed by atoms with Gasteiger partial charge in [0, 0.05) is 54.9 Å². The van der Waals surface area contributed by atoms with Crippen molar-refractivity contribution < 1.29 is 44.8 Å². The minimum atomic E-state index is -2.27. The molecule has 0 saturated heterocycles. The van der Waals surface area contributed by atoms with E-state index in [1.807, 2.05) is 104 Å². The lowest BCUT2D eigenvalue weighted by molar-refractivity contribution is 0.408. The van der Waals surface area contributed by atoms with Crippen molar-refractivity contribution in [3.8, 4) is 45.6 Å². The highest BCUT2D eigenvalue weighted by Crippen LogP contribution is 2.54. The zero-order valence-corrected chi connectivity index (χ0v) is 42.7. The molecule has 0 saturated carbocycles. The zero-order chi connectivity index (χ0) is 48.2. The fourth-order valence-corrected chi connectivity index (χ4v) is 10.4. The van der Waals surface area contributed by atoms with Gasteiger partial charge in [0.25, 0.3) is 0 Å². The number of ether oxygens (including phenoxy) is 4. The van der Waals surface area contributed by atoms with E-state index in [0.717, 1.165) is 49.4 Å². The van der Waals surface area contributed by atoms with Gasteiger partial charge in [0.15, 0.2) is 5.58 Å². The van der Waals surface area contributed by atoms with Gasteiger partial charge in [0.2, 0.25) is 0 Å². The second-order valence-electron chi connectivity index (χ2n) is 19.7. The normalized spacial score (nSPS) is 12.4. The van der Waals surface area contributed by atoms with E-state index >= 15 is 0 Å². The smallest absolute Gasteiger partial charge is 0.453 e. The van der Waals surface area contributed by atoms with Crippen molar-refractivity contribution in [2.75, 3.05) is 28.4 Å². The van der Waals surface area contributed by atoms with Crippen LogP contribution in [-0.2, 0) is 16.2 Å². The van der Waals surface area contributed by atoms with Crippen molar-refractivity contribution in [1.82, 2.24) is 0 Å². The highest BCUT2D eigenvalue weighted by Gasteiger charge is 2.32. The number of para-hydroxylation sites is 2. The highest BCUT2D eigenvalue weighted by molar-refractivity contribution is 7.32. The minimum Gasteiger partial charge on any atom is -0.497 e. The molecule has 1 atom stereocenters. The molecule has 8 aromatic rings. The van der Waals surface area contributed by atoms with Crippen LogP contribution in [0.3, 0.4) is 0 Å². The lowest BCUT2D eigenvalue weighted by Gasteiger charge is -2.28. The first kappa shape index (κ1) is 47.2. The van der Waals surface area contributed by atoms with Gasteiger partial charge in [-0.15, -0.1) is 0 Å². The van der Waals surface area contributed by atoms with E-state index < -0.39 is 27.3 Å². The van der Waals surface area contributed by atoms with Gasteiger partial charge < -0.3 is 44.8 Å². The third-order valence-electron chi connectivity index (χ3n) is 11.7. The Morgan fingerprint density at radius 1 is 0.448 bits per heavy atom. The molecule has 10 nitrogen and oxygen atoms in total. The maximum absolute atomic E-state index is 7.38. The molecule has 6 aromatic carbocycles. The van der Waals surface area contributed by atoms with E-state index in [2.05, 4.69) is 68.9 Å². The third-order valence-corrected chi connectivity index (χ3v) is 13.7. The molecular weight excluding hydrogens is 883 g/mol. The Hall–Kier alpha value is -6.34. The summed E-state index contributed by atoms with van der Waals surface area (Å²) in [5, 5.41) is 3.34. The molecule has 0 spiro atoms. The molecule has 0 aliphatic heterocycles. The molecule has 67 heavy (non-hydrogen) atoms. The highest BCUT2D eigenvalue weighted by atomic mass is 31.1. The van der Waals surface area contributed by atoms with Crippen LogP contribution in [0, 0.1) is 0 Å². The maximum Gasteiger partial charge on any atom is 0.453 e. The average Bonchev–Trinajstić information content (AvgIpc) is 3.54. The lowest BCUT2D eigenvalue weighted by atomic mass is 9.81. The molecule has 0 N–H and O–H groups in total. The van der Waals surface area contributed by atoms with E-state index in [0.29, 0.717) is 68.0 Å². The summed E-state index contributed by atoms with van der Waals surface area (Å²) in [5.74, 6) is 3.57. The summed E-state index contributed by atoms with van der Waals surface area (Å²) in [7, 11) is 2.28. The van der Waals surface area contributed by atoms with Crippen LogP contribution in [0.5, 0.6) is 34.5 Å². The monoisotopic (exact) mass is 942 g/mol. The van der Waals surface area contributed by atoms with Crippen molar-refractivity contribution in [3.05, 3.63) is 126 Å². The first-order valence-electron chi connectivity index (χ1n) is 22.1. The Bertz CT molecular complexity index is 3230. The summed E-state index contributed by atoms with van der Waals surface area (Å²) < 4.78 is 66.1. The summed E-state index contributed by atoms with van der Waals surface area (Å²) in [6, 6.07) is 31.6. The molecule has 0 aliphatic carbocycles. The molecule has 2 aromatic heterocycles. The molecule has 1 unspecified atom stereocenters. The summed E-state index contributed by atoms with van der Waals surface area (Å²) in [6.45, 7) is 25.5. The van der Waals surface area contributed by atoms with Crippen LogP contribution in [0.15, 0.2) is 120 Å². The Labute approximate surface area is 394 Å². The molecule has 350 valence electrons. The third kappa shape index (κ3) is 9.35. The largest absolute Gasteiger partial charge is 0.497 e. The SMILES string of the molecule is C=C(C)c1cc(OC)cc2c1op(Oc1c(-c3cc(OC)cc(C(C)(C)C)c3Op3oc4ccccc4c4ccccc4o3)cc(OC)cc1C(C)(C)C)oc1c(C(C)(C)C)cc(OC)cc12. The minimum absolute atomic E-state index is 0.386. The van der Waals surface area contributed by atoms with Crippen LogP contribution >= 0.6 is 16.5 Å². The number of benzene rings is 6. The first-order valence-corrected chi connectivity index (χ1v) is 24.3. The molecule has 2 heterocycles. The van der Waals surface area contributed by atoms with Crippen molar-refractivity contribution in [3.63, 3.8) is 0 Å². The number of rotatable bonds is 10. The zero-order valence-electron chi connectivity index (χ0n) is 40.9. The number of hydrogen-bond donors (Lipinski definition) is 0. The van der Waals surface area contributed by atoms with Crippen LogP contribution in [0.4, 0.5) is 0 Å². The van der Waals surface area contributed by atoms with Crippen molar-refractivity contribution in [2.45, 2.75) is 85.5 Å². The van der Waals surface area contributed by atoms with Gasteiger partial charge in [-0.3, -0.25) is 0 Å². The standard InChI is InChI=1S/C55H60O10P2/c1-32(2)39-24-33(56-12)25-40-41-26-34(57-13)29-44(53(3,4)5)50(41)64-67(62-49(39)40)65-52-43(28-36(59-15)31-46(52)55(9,10)11)42-27-35(58-14)30-45(54(6,7)8)51(42)63-66-60-47-22-18-16-20-37(47)38-21-17-19-23-48(38)61-66/h16-31H,1H2,2-15H3. The number of allylic oxidation sites excluding steroid dienone is 1. The van der Waals surface area contributed by atoms with Gasteiger partial charge in [-0.2, -0.15) is 0 Å². The Morgan fingerprint density at radius 2 is 0.821 bits per heavy atom. The van der Waals surface area contributed by atoms with Crippen molar-refractivity contribution in [2.24, 2.45) is 0 Å². The summed E-state index contributed by atoms with van der Waals surface area (Å²) >= 11 is 0. The molecule has 0 amide bonds. The first-order chi connectivity index (χ1) is 31.7. The summed E-state index contributed by atoms with van der Waals surface area (Å²) in [6.07, 6.45) is 0. The van der Waals surface area contributed by atoms with Crippen LogP contribution in [0.1, 0.15) is 91.5 Å². The molecular formula is C55H60O10P2. The van der Waals surface area contributed by atoms with E-state index in [1.165, 1.54) is 0 Å². The quantitative estimate of drug-likeness (QED) is 0.131. The van der Waals surface area contributed by atoms with E-state index in [9.17, 15) is 0 Å². The Morgan fingerprint density at radius 3 is 1.25 bits per heavy atom. The fourth-order valence-electron chi connectivity index (χ4n) is 8.17. The van der Waals surface area contributed by atoms with Crippen LogP contribution in [-0.4, -0.2) is 28.4 Å². The predicted molar refractivity (Wildman–Crippen MR) is 274 cm³/mol. The predicted octanol–water partition coefficient (Wildman–Crippen LogP) is 17.2. The van der Waals surface area contributed by atoms with Gasteiger partial charge in [-0.1, -0.05) is 105 Å². The maximum atomic E-state index is 7.38. The van der Waals surface area contributed by atoms with Gasteiger partial charge in [0.1, 0.15) is 51.2 Å². The number of methoxy groups -OCH3 is 4. The van der Waals surface area contributed by atoms with Gasteiger partial charge in [-0.25, -0.2) is 0 Å². The molecule has 0 fully saturated rings. The van der Waals surface area contributed by atoms with Crippen LogP contribution in [0.25, 0.3) is 60.6 Å². The fraction of sp³-hybridized carbons (Fsp3) is 0.309. The molecule has 0 radical (unpaired) electrons. The van der Waals surface area contributed by atoms with Crippen LogP contribution in [0.2, 0.25) is 0 Å². The van der Waals surface area contributed by atoms with E-state index in [4.69, 9.17) is 44.8 Å².